The molecule has 1 heterocycles. The highest BCUT2D eigenvalue weighted by atomic mass is 32.2. The van der Waals surface area contributed by atoms with Crippen LogP contribution in [0.4, 0.5) is 0 Å². The molecule has 6 nitrogen and oxygen atoms in total. The van der Waals surface area contributed by atoms with Crippen molar-refractivity contribution in [3.8, 4) is 0 Å². The van der Waals surface area contributed by atoms with E-state index in [9.17, 15) is 18.3 Å². The summed E-state index contributed by atoms with van der Waals surface area (Å²) in [6.07, 6.45) is 1.46. The number of hydrogen-bond donors (Lipinski definition) is 2. The summed E-state index contributed by atoms with van der Waals surface area (Å²) in [4.78, 5) is 13.5. The van der Waals surface area contributed by atoms with E-state index in [-0.39, 0.29) is 11.7 Å². The zero-order valence-corrected chi connectivity index (χ0v) is 11.7. The molecule has 1 aliphatic heterocycles. The second-order valence-corrected chi connectivity index (χ2v) is 6.61. The fourth-order valence-electron chi connectivity index (χ4n) is 2.08. The number of likely N-dealkylation sites (tertiary alicyclic amines) is 1. The van der Waals surface area contributed by atoms with E-state index >= 15 is 0 Å². The molecule has 0 saturated carbocycles. The van der Waals surface area contributed by atoms with Gasteiger partial charge in [0.1, 0.15) is 0 Å². The predicted octanol–water partition coefficient (Wildman–Crippen LogP) is -0.312. The van der Waals surface area contributed by atoms with Crippen LogP contribution in [-0.4, -0.2) is 55.3 Å². The van der Waals surface area contributed by atoms with Gasteiger partial charge in [0.25, 0.3) is 0 Å². The molecular weight excluding hydrogens is 256 g/mol. The standard InChI is InChI=1S/C11H22N2O4S/c1-3-7-18(16,17)12-9(2)11(15)13-6-4-5-10(14)8-13/h9-10,12,14H,3-8H2,1-2H3. The molecule has 106 valence electrons. The van der Waals surface area contributed by atoms with Crippen molar-refractivity contribution in [1.29, 1.82) is 0 Å². The molecule has 2 atom stereocenters. The second-order valence-electron chi connectivity index (χ2n) is 4.74. The summed E-state index contributed by atoms with van der Waals surface area (Å²) in [6, 6.07) is -0.771. The molecule has 0 aromatic carbocycles. The van der Waals surface area contributed by atoms with Crippen molar-refractivity contribution in [2.45, 2.75) is 45.3 Å². The van der Waals surface area contributed by atoms with Crippen LogP contribution in [0.25, 0.3) is 0 Å². The first-order valence-corrected chi connectivity index (χ1v) is 7.98. The quantitative estimate of drug-likeness (QED) is 0.722. The van der Waals surface area contributed by atoms with Gasteiger partial charge >= 0.3 is 0 Å². The van der Waals surface area contributed by atoms with Gasteiger partial charge in [-0.3, -0.25) is 4.79 Å². The third kappa shape index (κ3) is 4.55. The van der Waals surface area contributed by atoms with Crippen molar-refractivity contribution >= 4 is 15.9 Å². The van der Waals surface area contributed by atoms with Crippen molar-refractivity contribution in [1.82, 2.24) is 9.62 Å². The Morgan fingerprint density at radius 3 is 2.78 bits per heavy atom. The normalized spacial score (nSPS) is 22.8. The van der Waals surface area contributed by atoms with Gasteiger partial charge in [-0.25, -0.2) is 13.1 Å². The average Bonchev–Trinajstić information content (AvgIpc) is 2.27. The number of amides is 1. The number of aliphatic hydroxyl groups excluding tert-OH is 1. The van der Waals surface area contributed by atoms with Gasteiger partial charge in [-0.15, -0.1) is 0 Å². The highest BCUT2D eigenvalue weighted by molar-refractivity contribution is 7.89. The first kappa shape index (κ1) is 15.4. The van der Waals surface area contributed by atoms with Crippen LogP contribution in [0.15, 0.2) is 0 Å². The number of aliphatic hydroxyl groups is 1. The van der Waals surface area contributed by atoms with E-state index < -0.39 is 22.2 Å². The smallest absolute Gasteiger partial charge is 0.240 e. The molecule has 7 heteroatoms. The van der Waals surface area contributed by atoms with Crippen LogP contribution in [0.1, 0.15) is 33.1 Å². The third-order valence-electron chi connectivity index (χ3n) is 2.91. The van der Waals surface area contributed by atoms with Crippen LogP contribution < -0.4 is 4.72 Å². The Bertz CT molecular complexity index is 383. The van der Waals surface area contributed by atoms with Gasteiger partial charge < -0.3 is 10.0 Å². The fourth-order valence-corrected chi connectivity index (χ4v) is 3.37. The number of carbonyl (C=O) groups excluding carboxylic acids is 1. The number of rotatable bonds is 5. The van der Waals surface area contributed by atoms with E-state index in [4.69, 9.17) is 0 Å². The molecule has 0 aromatic heterocycles. The lowest BCUT2D eigenvalue weighted by Gasteiger charge is -2.32. The van der Waals surface area contributed by atoms with Crippen LogP contribution in [0.3, 0.4) is 0 Å². The lowest BCUT2D eigenvalue weighted by Crippen LogP contribution is -2.51. The summed E-state index contributed by atoms with van der Waals surface area (Å²) in [5, 5.41) is 9.49. The van der Waals surface area contributed by atoms with Crippen molar-refractivity contribution in [3.63, 3.8) is 0 Å². The molecule has 1 rings (SSSR count). The summed E-state index contributed by atoms with van der Waals surface area (Å²) in [7, 11) is -3.39. The lowest BCUT2D eigenvalue weighted by molar-refractivity contribution is -0.135. The molecule has 0 aromatic rings. The van der Waals surface area contributed by atoms with Gasteiger partial charge in [0, 0.05) is 13.1 Å². The molecule has 0 radical (unpaired) electrons. The Labute approximate surface area is 108 Å². The topological polar surface area (TPSA) is 86.7 Å². The van der Waals surface area contributed by atoms with Crippen LogP contribution in [0.2, 0.25) is 0 Å². The first-order valence-electron chi connectivity index (χ1n) is 6.32. The molecule has 1 fully saturated rings. The number of sulfonamides is 1. The van der Waals surface area contributed by atoms with Crippen molar-refractivity contribution in [3.05, 3.63) is 0 Å². The predicted molar refractivity (Wildman–Crippen MR) is 68.5 cm³/mol. The van der Waals surface area contributed by atoms with Crippen LogP contribution in [0.5, 0.6) is 0 Å². The summed E-state index contributed by atoms with van der Waals surface area (Å²) in [5.74, 6) is -0.249. The minimum absolute atomic E-state index is 0.0211. The summed E-state index contributed by atoms with van der Waals surface area (Å²) in [5.41, 5.74) is 0. The van der Waals surface area contributed by atoms with E-state index in [0.29, 0.717) is 25.9 Å². The summed E-state index contributed by atoms with van der Waals surface area (Å²) < 4.78 is 25.5. The van der Waals surface area contributed by atoms with Gasteiger partial charge in [-0.1, -0.05) is 6.92 Å². The SMILES string of the molecule is CCCS(=O)(=O)NC(C)C(=O)N1CCCC(O)C1. The molecule has 2 unspecified atom stereocenters. The highest BCUT2D eigenvalue weighted by Crippen LogP contribution is 2.11. The fraction of sp³-hybridized carbons (Fsp3) is 0.909. The number of nitrogens with zero attached hydrogens (tertiary/aromatic N) is 1. The average molecular weight is 278 g/mol. The molecular formula is C11H22N2O4S. The van der Waals surface area contributed by atoms with Gasteiger partial charge in [0.05, 0.1) is 17.9 Å². The Hall–Kier alpha value is -0.660. The minimum Gasteiger partial charge on any atom is -0.391 e. The maximum Gasteiger partial charge on any atom is 0.240 e. The molecule has 0 bridgehead atoms. The monoisotopic (exact) mass is 278 g/mol. The zero-order chi connectivity index (χ0) is 13.8. The maximum absolute atomic E-state index is 12.0. The molecule has 1 amide bonds. The molecule has 1 aliphatic rings. The highest BCUT2D eigenvalue weighted by Gasteiger charge is 2.27. The number of nitrogens with one attached hydrogen (secondary N) is 1. The first-order chi connectivity index (χ1) is 8.35. The Morgan fingerprint density at radius 1 is 1.56 bits per heavy atom. The van der Waals surface area contributed by atoms with Gasteiger partial charge in [-0.2, -0.15) is 0 Å². The van der Waals surface area contributed by atoms with E-state index in [0.717, 1.165) is 6.42 Å². The summed E-state index contributed by atoms with van der Waals surface area (Å²) >= 11 is 0. The molecule has 2 N–H and O–H groups in total. The van der Waals surface area contributed by atoms with Gasteiger partial charge in [0.15, 0.2) is 0 Å². The Morgan fingerprint density at radius 2 is 2.22 bits per heavy atom. The van der Waals surface area contributed by atoms with Crippen molar-refractivity contribution < 1.29 is 18.3 Å². The Kier molecular flexibility index (Phi) is 5.55. The van der Waals surface area contributed by atoms with Gasteiger partial charge in [-0.05, 0) is 26.2 Å². The lowest BCUT2D eigenvalue weighted by atomic mass is 10.1. The van der Waals surface area contributed by atoms with E-state index in [2.05, 4.69) is 4.72 Å². The van der Waals surface area contributed by atoms with Gasteiger partial charge in [0.2, 0.25) is 15.9 Å². The number of piperidine rings is 1. The summed E-state index contributed by atoms with van der Waals surface area (Å²) in [6.45, 7) is 4.18. The van der Waals surface area contributed by atoms with Crippen molar-refractivity contribution in [2.24, 2.45) is 0 Å². The van der Waals surface area contributed by atoms with Crippen molar-refractivity contribution in [2.75, 3.05) is 18.8 Å². The van der Waals surface area contributed by atoms with Crippen LogP contribution in [-0.2, 0) is 14.8 Å². The molecule has 1 saturated heterocycles. The Balaban J connectivity index is 2.55. The maximum atomic E-state index is 12.0. The molecule has 0 aliphatic carbocycles. The number of β-amino-alcohol motifs (C(OH)–C–C–N with tert-alkyl or cyclic N) is 1. The molecule has 18 heavy (non-hydrogen) atoms. The minimum atomic E-state index is -3.39. The second kappa shape index (κ2) is 6.49. The van der Waals surface area contributed by atoms with Crippen LogP contribution in [0, 0.1) is 0 Å². The molecule has 0 spiro atoms. The van der Waals surface area contributed by atoms with E-state index in [1.165, 1.54) is 11.8 Å². The number of carbonyl (C=O) groups is 1. The zero-order valence-electron chi connectivity index (χ0n) is 10.9. The number of hydrogen-bond acceptors (Lipinski definition) is 4. The van der Waals surface area contributed by atoms with E-state index in [1.807, 2.05) is 0 Å². The largest absolute Gasteiger partial charge is 0.391 e. The van der Waals surface area contributed by atoms with E-state index in [1.54, 1.807) is 6.92 Å². The van der Waals surface area contributed by atoms with Crippen LogP contribution >= 0.6 is 0 Å². The third-order valence-corrected chi connectivity index (χ3v) is 4.57.